The Labute approximate surface area is 182 Å². The van der Waals surface area contributed by atoms with E-state index in [9.17, 15) is 15.0 Å². The third-order valence-corrected chi connectivity index (χ3v) is 11.0. The molecule has 0 bridgehead atoms. The minimum absolute atomic E-state index is 0.194. The van der Waals surface area contributed by atoms with Crippen LogP contribution in [0.1, 0.15) is 91.9 Å². The van der Waals surface area contributed by atoms with Gasteiger partial charge in [0.15, 0.2) is 0 Å². The van der Waals surface area contributed by atoms with Crippen LogP contribution >= 0.6 is 0 Å². The number of rotatable bonds is 5. The molecule has 0 aliphatic heterocycles. The quantitative estimate of drug-likeness (QED) is 0.577. The summed E-state index contributed by atoms with van der Waals surface area (Å²) in [6.45, 7) is 9.44. The lowest BCUT2D eigenvalue weighted by Crippen LogP contribution is -2.62. The predicted molar refractivity (Wildman–Crippen MR) is 118 cm³/mol. The van der Waals surface area contributed by atoms with Crippen molar-refractivity contribution in [1.29, 1.82) is 0 Å². The number of aliphatic carboxylic acids is 1. The molecule has 0 aromatic heterocycles. The molecule has 4 fully saturated rings. The molecule has 30 heavy (non-hydrogen) atoms. The smallest absolute Gasteiger partial charge is 0.303 e. The molecule has 0 radical (unpaired) electrons. The molecule has 4 aliphatic rings. The van der Waals surface area contributed by atoms with Gasteiger partial charge in [-0.05, 0) is 104 Å². The second-order valence-corrected chi connectivity index (χ2v) is 12.0. The van der Waals surface area contributed by atoms with E-state index in [1.807, 2.05) is 0 Å². The van der Waals surface area contributed by atoms with Crippen LogP contribution < -0.4 is 0 Å². The zero-order valence-corrected chi connectivity index (χ0v) is 19.5. The zero-order chi connectivity index (χ0) is 21.8. The van der Waals surface area contributed by atoms with Crippen molar-refractivity contribution in [3.63, 3.8) is 0 Å². The molecular weight excluding hydrogens is 376 g/mol. The van der Waals surface area contributed by atoms with Crippen LogP contribution in [0.3, 0.4) is 0 Å². The van der Waals surface area contributed by atoms with Gasteiger partial charge in [-0.3, -0.25) is 4.79 Å². The molecule has 0 saturated heterocycles. The third kappa shape index (κ3) is 3.36. The minimum atomic E-state index is -0.683. The number of aliphatic hydroxyl groups is 2. The lowest BCUT2D eigenvalue weighted by atomic mass is 9.41. The summed E-state index contributed by atoms with van der Waals surface area (Å²) in [6.07, 6.45) is 9.27. The highest BCUT2D eigenvalue weighted by Gasteiger charge is 2.64. The first-order valence-electron chi connectivity index (χ1n) is 12.7. The molecule has 172 valence electrons. The van der Waals surface area contributed by atoms with E-state index in [4.69, 9.17) is 5.11 Å². The van der Waals surface area contributed by atoms with E-state index in [1.54, 1.807) is 0 Å². The number of carboxylic acids is 1. The molecule has 0 aromatic rings. The topological polar surface area (TPSA) is 77.8 Å². The summed E-state index contributed by atoms with van der Waals surface area (Å²) in [5, 5.41) is 31.3. The van der Waals surface area contributed by atoms with Gasteiger partial charge in [-0.2, -0.15) is 0 Å². The summed E-state index contributed by atoms with van der Waals surface area (Å²) in [6, 6.07) is 0. The maximum absolute atomic E-state index is 11.7. The van der Waals surface area contributed by atoms with Gasteiger partial charge in [0.1, 0.15) is 0 Å². The lowest BCUT2D eigenvalue weighted by Gasteiger charge is -2.64. The van der Waals surface area contributed by atoms with Crippen molar-refractivity contribution in [2.45, 2.75) is 104 Å². The molecule has 0 aromatic carbocycles. The highest BCUT2D eigenvalue weighted by Crippen LogP contribution is 2.69. The first-order chi connectivity index (χ1) is 14.1. The largest absolute Gasteiger partial charge is 0.481 e. The summed E-state index contributed by atoms with van der Waals surface area (Å²) < 4.78 is 0. The van der Waals surface area contributed by atoms with Gasteiger partial charge in [0, 0.05) is 6.42 Å². The Bertz CT molecular complexity index is 649. The monoisotopic (exact) mass is 420 g/mol. The van der Waals surface area contributed by atoms with Gasteiger partial charge in [0.25, 0.3) is 0 Å². The van der Waals surface area contributed by atoms with Crippen molar-refractivity contribution in [3.05, 3.63) is 0 Å². The van der Waals surface area contributed by atoms with Crippen LogP contribution in [-0.2, 0) is 4.79 Å². The second-order valence-electron chi connectivity index (χ2n) is 12.0. The summed E-state index contributed by atoms with van der Waals surface area (Å²) in [5.41, 5.74) is 0.480. The van der Waals surface area contributed by atoms with Crippen molar-refractivity contribution >= 4 is 5.97 Å². The van der Waals surface area contributed by atoms with Crippen LogP contribution in [0.25, 0.3) is 0 Å². The summed E-state index contributed by atoms with van der Waals surface area (Å²) in [4.78, 5) is 11.1. The number of hydrogen-bond donors (Lipinski definition) is 3. The first kappa shape index (κ1) is 22.6. The Balaban J connectivity index is 1.61. The summed E-state index contributed by atoms with van der Waals surface area (Å²) >= 11 is 0. The molecule has 0 heterocycles. The highest BCUT2D eigenvalue weighted by molar-refractivity contribution is 5.66. The Morgan fingerprint density at radius 3 is 2.33 bits per heavy atom. The van der Waals surface area contributed by atoms with Gasteiger partial charge >= 0.3 is 5.97 Å². The molecule has 11 atom stereocenters. The van der Waals surface area contributed by atoms with Crippen LogP contribution in [0.15, 0.2) is 0 Å². The van der Waals surface area contributed by atoms with Crippen LogP contribution in [0.2, 0.25) is 0 Å². The summed E-state index contributed by atoms with van der Waals surface area (Å²) in [5.74, 6) is 2.58. The molecular formula is C26H44O4. The fraction of sp³-hybridized carbons (Fsp3) is 0.962. The van der Waals surface area contributed by atoms with Gasteiger partial charge in [-0.25, -0.2) is 0 Å². The van der Waals surface area contributed by atoms with Gasteiger partial charge in [-0.1, -0.05) is 34.1 Å². The molecule has 4 rings (SSSR count). The number of carboxylic acid groups (broad SMARTS) is 1. The molecule has 0 spiro atoms. The SMILES string of the molecule is CC[C@H]1[C@@H](O)C2[C@@H]3CC[C@H](C(C)CCC(=O)O)[C@@]3(C)CC[C@@H]2[C@@]2(C)CC[C@@H](O)C[C@@H]12. The van der Waals surface area contributed by atoms with Crippen LogP contribution in [0, 0.1) is 52.3 Å². The van der Waals surface area contributed by atoms with Crippen molar-refractivity contribution in [1.82, 2.24) is 0 Å². The van der Waals surface area contributed by atoms with Gasteiger partial charge in [0.2, 0.25) is 0 Å². The van der Waals surface area contributed by atoms with Crippen LogP contribution in [-0.4, -0.2) is 33.5 Å². The number of carbonyl (C=O) groups is 1. The summed E-state index contributed by atoms with van der Waals surface area (Å²) in [7, 11) is 0. The lowest BCUT2D eigenvalue weighted by molar-refractivity contribution is -0.203. The molecule has 4 heteroatoms. The van der Waals surface area contributed by atoms with Crippen LogP contribution in [0.5, 0.6) is 0 Å². The van der Waals surface area contributed by atoms with Crippen molar-refractivity contribution in [3.8, 4) is 0 Å². The van der Waals surface area contributed by atoms with Gasteiger partial charge < -0.3 is 15.3 Å². The molecule has 3 N–H and O–H groups in total. The fourth-order valence-electron chi connectivity index (χ4n) is 9.48. The normalized spacial score (nSPS) is 51.5. The average Bonchev–Trinajstić information content (AvgIpc) is 3.05. The standard InChI is InChI=1S/C26H44O4/c1-5-17-21-14-16(27)10-12-26(21,4)20-11-13-25(3)18(15(2)6-9-22(28)29)7-8-19(25)23(20)24(17)30/h15-21,23-24,27,30H,5-14H2,1-4H3,(H,28,29)/t15?,16-,17-,18-,19+,20+,21+,23?,24-,25-,26-/m1/s1. The average molecular weight is 421 g/mol. The Morgan fingerprint density at radius 2 is 1.67 bits per heavy atom. The fourth-order valence-corrected chi connectivity index (χ4v) is 9.48. The Kier molecular flexibility index (Phi) is 6.07. The third-order valence-electron chi connectivity index (χ3n) is 11.0. The number of hydrogen-bond acceptors (Lipinski definition) is 3. The van der Waals surface area contributed by atoms with Crippen LogP contribution in [0.4, 0.5) is 0 Å². The number of aliphatic hydroxyl groups excluding tert-OH is 2. The Morgan fingerprint density at radius 1 is 1.00 bits per heavy atom. The second kappa shape index (κ2) is 8.06. The maximum atomic E-state index is 11.7. The van der Waals surface area contributed by atoms with E-state index >= 15 is 0 Å². The van der Waals surface area contributed by atoms with Crippen molar-refractivity contribution in [2.75, 3.05) is 0 Å². The van der Waals surface area contributed by atoms with E-state index in [0.717, 1.165) is 32.1 Å². The van der Waals surface area contributed by atoms with E-state index in [2.05, 4.69) is 27.7 Å². The molecule has 2 unspecified atom stereocenters. The first-order valence-corrected chi connectivity index (χ1v) is 12.7. The molecule has 4 aliphatic carbocycles. The van der Waals surface area contributed by atoms with E-state index in [0.29, 0.717) is 41.4 Å². The Hall–Kier alpha value is -0.610. The van der Waals surface area contributed by atoms with E-state index < -0.39 is 5.97 Å². The van der Waals surface area contributed by atoms with Crippen molar-refractivity contribution < 1.29 is 20.1 Å². The zero-order valence-electron chi connectivity index (χ0n) is 19.5. The number of fused-ring (bicyclic) bond motifs is 5. The predicted octanol–water partition coefficient (Wildman–Crippen LogP) is 5.11. The van der Waals surface area contributed by atoms with E-state index in [1.165, 1.54) is 25.7 Å². The minimum Gasteiger partial charge on any atom is -0.481 e. The van der Waals surface area contributed by atoms with Gasteiger partial charge in [0.05, 0.1) is 12.2 Å². The van der Waals surface area contributed by atoms with E-state index in [-0.39, 0.29) is 29.5 Å². The van der Waals surface area contributed by atoms with Gasteiger partial charge in [-0.15, -0.1) is 0 Å². The highest BCUT2D eigenvalue weighted by atomic mass is 16.4. The maximum Gasteiger partial charge on any atom is 0.303 e. The molecule has 0 amide bonds. The molecule has 4 nitrogen and oxygen atoms in total. The molecule has 4 saturated carbocycles. The van der Waals surface area contributed by atoms with Crippen molar-refractivity contribution in [2.24, 2.45) is 52.3 Å².